The molecule has 1 aliphatic rings. The van der Waals surface area contributed by atoms with Crippen molar-refractivity contribution in [1.29, 1.82) is 0 Å². The van der Waals surface area contributed by atoms with E-state index in [-0.39, 0.29) is 11.5 Å². The number of thiophene rings is 1. The fourth-order valence-electron chi connectivity index (χ4n) is 2.95. The zero-order valence-electron chi connectivity index (χ0n) is 12.9. The van der Waals surface area contributed by atoms with Gasteiger partial charge in [-0.3, -0.25) is 4.79 Å². The largest absolute Gasteiger partial charge is 0.507 e. The van der Waals surface area contributed by atoms with Crippen molar-refractivity contribution < 1.29 is 14.6 Å². The average Bonchev–Trinajstić information content (AvgIpc) is 3.09. The first-order valence-corrected chi connectivity index (χ1v) is 8.37. The number of rotatable bonds is 2. The number of benzene rings is 2. The highest BCUT2D eigenvalue weighted by Gasteiger charge is 2.27. The SMILES string of the molecule is COc1ccc(/C=C2/c3ccccc3C(=O)c3ccsc32)c(O)c1. The van der Waals surface area contributed by atoms with Crippen LogP contribution in [0.5, 0.6) is 11.5 Å². The van der Waals surface area contributed by atoms with Crippen LogP contribution in [0.1, 0.15) is 31.9 Å². The normalized spacial score (nSPS) is 14.4. The standard InChI is InChI=1S/C20H14O3S/c1-23-13-7-6-12(18(21)11-13)10-17-14-4-2-3-5-15(14)19(22)16-8-9-24-20(16)17/h2-11,21H,1H3/b17-10-. The molecule has 4 heteroatoms. The first kappa shape index (κ1) is 14.7. The molecule has 0 bridgehead atoms. The smallest absolute Gasteiger partial charge is 0.195 e. The molecule has 1 aromatic heterocycles. The Hall–Kier alpha value is -2.85. The number of ether oxygens (including phenoxy) is 1. The van der Waals surface area contributed by atoms with Gasteiger partial charge < -0.3 is 9.84 Å². The lowest BCUT2D eigenvalue weighted by Gasteiger charge is -2.18. The van der Waals surface area contributed by atoms with Gasteiger partial charge in [0, 0.05) is 33.2 Å². The summed E-state index contributed by atoms with van der Waals surface area (Å²) in [4.78, 5) is 13.6. The minimum atomic E-state index is 0.0537. The molecule has 0 spiro atoms. The third kappa shape index (κ3) is 2.23. The summed E-state index contributed by atoms with van der Waals surface area (Å²) in [7, 11) is 1.56. The second-order valence-corrected chi connectivity index (χ2v) is 6.44. The summed E-state index contributed by atoms with van der Waals surface area (Å²) < 4.78 is 5.13. The Kier molecular flexibility index (Phi) is 3.47. The maximum absolute atomic E-state index is 12.6. The maximum Gasteiger partial charge on any atom is 0.195 e. The molecule has 0 aliphatic heterocycles. The zero-order chi connectivity index (χ0) is 16.7. The first-order chi connectivity index (χ1) is 11.7. The summed E-state index contributed by atoms with van der Waals surface area (Å²) >= 11 is 1.54. The Bertz CT molecular complexity index is 982. The molecule has 0 saturated carbocycles. The summed E-state index contributed by atoms with van der Waals surface area (Å²) in [6.45, 7) is 0. The van der Waals surface area contributed by atoms with E-state index in [0.717, 1.165) is 21.6 Å². The molecule has 0 amide bonds. The first-order valence-electron chi connectivity index (χ1n) is 7.49. The molecule has 1 aliphatic carbocycles. The third-order valence-electron chi connectivity index (χ3n) is 4.15. The van der Waals surface area contributed by atoms with E-state index in [4.69, 9.17) is 4.74 Å². The summed E-state index contributed by atoms with van der Waals surface area (Å²) in [5.74, 6) is 0.804. The average molecular weight is 334 g/mol. The number of carbonyl (C=O) groups is 1. The van der Waals surface area contributed by atoms with Crippen LogP contribution < -0.4 is 4.74 Å². The van der Waals surface area contributed by atoms with Crippen molar-refractivity contribution in [2.75, 3.05) is 7.11 Å². The molecular weight excluding hydrogens is 320 g/mol. The molecule has 118 valence electrons. The summed E-state index contributed by atoms with van der Waals surface area (Å²) in [5, 5.41) is 12.2. The highest BCUT2D eigenvalue weighted by molar-refractivity contribution is 7.11. The van der Waals surface area contributed by atoms with Gasteiger partial charge in [-0.2, -0.15) is 0 Å². The van der Waals surface area contributed by atoms with Crippen LogP contribution in [0.2, 0.25) is 0 Å². The molecule has 24 heavy (non-hydrogen) atoms. The lowest BCUT2D eigenvalue weighted by atomic mass is 9.85. The molecule has 4 rings (SSSR count). The Morgan fingerprint density at radius 1 is 1.04 bits per heavy atom. The molecule has 0 fully saturated rings. The fourth-order valence-corrected chi connectivity index (χ4v) is 3.88. The predicted octanol–water partition coefficient (Wildman–Crippen LogP) is 4.60. The quantitative estimate of drug-likeness (QED) is 0.583. The Balaban J connectivity index is 1.94. The van der Waals surface area contributed by atoms with Crippen LogP contribution in [0, 0.1) is 0 Å². The van der Waals surface area contributed by atoms with Gasteiger partial charge in [0.05, 0.1) is 7.11 Å². The Morgan fingerprint density at radius 2 is 1.83 bits per heavy atom. The molecule has 0 radical (unpaired) electrons. The van der Waals surface area contributed by atoms with Gasteiger partial charge in [-0.05, 0) is 35.2 Å². The molecular formula is C20H14O3S. The molecule has 2 aromatic carbocycles. The molecule has 3 aromatic rings. The molecule has 0 atom stereocenters. The van der Waals surface area contributed by atoms with Crippen molar-refractivity contribution in [3.8, 4) is 11.5 Å². The van der Waals surface area contributed by atoms with E-state index < -0.39 is 0 Å². The van der Waals surface area contributed by atoms with Crippen LogP contribution in [-0.2, 0) is 0 Å². The van der Waals surface area contributed by atoms with Gasteiger partial charge in [0.25, 0.3) is 0 Å². The number of hydrogen-bond donors (Lipinski definition) is 1. The number of hydrogen-bond acceptors (Lipinski definition) is 4. The van der Waals surface area contributed by atoms with Crippen molar-refractivity contribution in [3.05, 3.63) is 81.0 Å². The third-order valence-corrected chi connectivity index (χ3v) is 5.10. The van der Waals surface area contributed by atoms with Gasteiger partial charge in [0.2, 0.25) is 0 Å². The van der Waals surface area contributed by atoms with Crippen molar-refractivity contribution >= 4 is 28.8 Å². The number of ketones is 1. The molecule has 0 unspecified atom stereocenters. The van der Waals surface area contributed by atoms with Crippen LogP contribution in [-0.4, -0.2) is 18.0 Å². The lowest BCUT2D eigenvalue weighted by Crippen LogP contribution is -2.11. The van der Waals surface area contributed by atoms with E-state index in [9.17, 15) is 9.90 Å². The topological polar surface area (TPSA) is 46.5 Å². The Morgan fingerprint density at radius 3 is 2.58 bits per heavy atom. The predicted molar refractivity (Wildman–Crippen MR) is 95.8 cm³/mol. The van der Waals surface area contributed by atoms with Crippen LogP contribution in [0.4, 0.5) is 0 Å². The van der Waals surface area contributed by atoms with Gasteiger partial charge in [0.1, 0.15) is 11.5 Å². The molecule has 3 nitrogen and oxygen atoms in total. The second-order valence-electron chi connectivity index (χ2n) is 5.52. The monoisotopic (exact) mass is 334 g/mol. The van der Waals surface area contributed by atoms with Gasteiger partial charge in [-0.1, -0.05) is 24.3 Å². The van der Waals surface area contributed by atoms with Gasteiger partial charge >= 0.3 is 0 Å². The Labute approximate surface area is 143 Å². The minimum Gasteiger partial charge on any atom is -0.507 e. The van der Waals surface area contributed by atoms with E-state index in [1.807, 2.05) is 47.9 Å². The summed E-state index contributed by atoms with van der Waals surface area (Å²) in [6, 6.07) is 14.7. The maximum atomic E-state index is 12.6. The van der Waals surface area contributed by atoms with Crippen LogP contribution in [0.15, 0.2) is 53.9 Å². The molecule has 1 N–H and O–H groups in total. The van der Waals surface area contributed by atoms with Crippen LogP contribution in [0.25, 0.3) is 11.6 Å². The zero-order valence-corrected chi connectivity index (χ0v) is 13.8. The highest BCUT2D eigenvalue weighted by atomic mass is 32.1. The van der Waals surface area contributed by atoms with E-state index in [2.05, 4.69) is 0 Å². The number of phenols is 1. The van der Waals surface area contributed by atoms with Gasteiger partial charge in [-0.15, -0.1) is 11.3 Å². The van der Waals surface area contributed by atoms with Crippen molar-refractivity contribution in [1.82, 2.24) is 0 Å². The number of fused-ring (bicyclic) bond motifs is 2. The van der Waals surface area contributed by atoms with E-state index in [0.29, 0.717) is 16.9 Å². The van der Waals surface area contributed by atoms with Crippen LogP contribution >= 0.6 is 11.3 Å². The van der Waals surface area contributed by atoms with E-state index >= 15 is 0 Å². The van der Waals surface area contributed by atoms with Crippen molar-refractivity contribution in [2.24, 2.45) is 0 Å². The van der Waals surface area contributed by atoms with Gasteiger partial charge in [0.15, 0.2) is 5.78 Å². The van der Waals surface area contributed by atoms with E-state index in [1.165, 1.54) is 11.3 Å². The van der Waals surface area contributed by atoms with Gasteiger partial charge in [-0.25, -0.2) is 0 Å². The number of aromatic hydroxyl groups is 1. The second kappa shape index (κ2) is 5.65. The summed E-state index contributed by atoms with van der Waals surface area (Å²) in [5.41, 5.74) is 3.96. The summed E-state index contributed by atoms with van der Waals surface area (Å²) in [6.07, 6.45) is 1.93. The minimum absolute atomic E-state index is 0.0537. The number of methoxy groups -OCH3 is 1. The van der Waals surface area contributed by atoms with Crippen LogP contribution in [0.3, 0.4) is 0 Å². The lowest BCUT2D eigenvalue weighted by molar-refractivity contribution is 0.103. The molecule has 1 heterocycles. The number of phenolic OH excluding ortho intramolecular Hbond substituents is 1. The molecule has 0 saturated heterocycles. The van der Waals surface area contributed by atoms with Crippen molar-refractivity contribution in [2.45, 2.75) is 0 Å². The highest BCUT2D eigenvalue weighted by Crippen LogP contribution is 2.41. The number of carbonyl (C=O) groups excluding carboxylic acids is 1. The van der Waals surface area contributed by atoms with Crippen molar-refractivity contribution in [3.63, 3.8) is 0 Å². The fraction of sp³-hybridized carbons (Fsp3) is 0.0500. The van der Waals surface area contributed by atoms with E-state index in [1.54, 1.807) is 19.2 Å².